The van der Waals surface area contributed by atoms with E-state index in [1.807, 2.05) is 19.9 Å². The lowest BCUT2D eigenvalue weighted by atomic mass is 9.90. The molecule has 1 aliphatic heterocycles. The Morgan fingerprint density at radius 1 is 1.11 bits per heavy atom. The van der Waals surface area contributed by atoms with Gasteiger partial charge in [0.15, 0.2) is 0 Å². The van der Waals surface area contributed by atoms with Gasteiger partial charge in [0.1, 0.15) is 11.4 Å². The van der Waals surface area contributed by atoms with Gasteiger partial charge >= 0.3 is 0 Å². The first-order valence-corrected chi connectivity index (χ1v) is 11.8. The fraction of sp³-hybridized carbons (Fsp3) is 0.346. The highest BCUT2D eigenvalue weighted by Crippen LogP contribution is 2.27. The molecule has 0 atom stereocenters. The van der Waals surface area contributed by atoms with Gasteiger partial charge in [0.05, 0.1) is 17.2 Å². The number of benzene rings is 1. The topological polar surface area (TPSA) is 128 Å². The Kier molecular flexibility index (Phi) is 6.05. The number of hydrogen-bond acceptors (Lipinski definition) is 8. The first-order chi connectivity index (χ1) is 16.9. The van der Waals surface area contributed by atoms with Crippen LogP contribution in [0.1, 0.15) is 53.9 Å². The number of nitrogens with one attached hydrogen (secondary N) is 4. The molecular weight excluding hydrogens is 440 g/mol. The van der Waals surface area contributed by atoms with Crippen LogP contribution >= 0.6 is 0 Å². The van der Waals surface area contributed by atoms with Crippen molar-refractivity contribution in [1.82, 2.24) is 25.6 Å². The SMILES string of the molecule is CC(C)(C#N)c1cc(Nc2nc(Nc3ccc4c(c3)CNCC4)ncc2C(=O)NC2CC2)ccn1. The second-order valence-corrected chi connectivity index (χ2v) is 9.53. The van der Waals surface area contributed by atoms with Crippen LogP contribution < -0.4 is 21.3 Å². The molecule has 3 heterocycles. The average Bonchev–Trinajstić information content (AvgIpc) is 3.68. The minimum Gasteiger partial charge on any atom is -0.349 e. The van der Waals surface area contributed by atoms with Gasteiger partial charge in [-0.2, -0.15) is 10.2 Å². The molecule has 1 aromatic carbocycles. The normalized spacial score (nSPS) is 15.0. The van der Waals surface area contributed by atoms with E-state index >= 15 is 0 Å². The summed E-state index contributed by atoms with van der Waals surface area (Å²) in [6, 6.07) is 12.3. The average molecular weight is 469 g/mol. The molecule has 35 heavy (non-hydrogen) atoms. The standard InChI is InChI=1S/C26H28N8O/c1-26(2,15-27)22-12-20(8-10-29-22)31-23-21(24(35)32-18-5-6-18)14-30-25(34-23)33-19-4-3-16-7-9-28-13-17(16)11-19/h3-4,8,10-12,14,18,28H,5-7,9,13H2,1-2H3,(H,32,35)(H2,29,30,31,33,34). The first-order valence-electron chi connectivity index (χ1n) is 11.8. The third-order valence-corrected chi connectivity index (χ3v) is 6.24. The summed E-state index contributed by atoms with van der Waals surface area (Å²) in [5, 5.41) is 22.4. The Morgan fingerprint density at radius 3 is 2.74 bits per heavy atom. The molecule has 4 N–H and O–H groups in total. The molecule has 1 fully saturated rings. The van der Waals surface area contributed by atoms with E-state index in [1.54, 1.807) is 18.3 Å². The van der Waals surface area contributed by atoms with Gasteiger partial charge in [0, 0.05) is 36.4 Å². The molecule has 5 rings (SSSR count). The zero-order valence-corrected chi connectivity index (χ0v) is 19.9. The molecule has 0 bridgehead atoms. The number of carbonyl (C=O) groups is 1. The Labute approximate surface area is 204 Å². The lowest BCUT2D eigenvalue weighted by molar-refractivity contribution is 0.0951. The van der Waals surface area contributed by atoms with Crippen LogP contribution in [0, 0.1) is 11.3 Å². The summed E-state index contributed by atoms with van der Waals surface area (Å²) in [7, 11) is 0. The predicted molar refractivity (Wildman–Crippen MR) is 134 cm³/mol. The number of pyridine rings is 1. The van der Waals surface area contributed by atoms with Crippen LogP contribution in [-0.2, 0) is 18.4 Å². The number of aromatic nitrogens is 3. The number of hydrogen-bond donors (Lipinski definition) is 4. The van der Waals surface area contributed by atoms with Gasteiger partial charge < -0.3 is 21.3 Å². The largest absolute Gasteiger partial charge is 0.349 e. The maximum absolute atomic E-state index is 12.9. The van der Waals surface area contributed by atoms with Crippen molar-refractivity contribution in [2.45, 2.75) is 51.1 Å². The van der Waals surface area contributed by atoms with Crippen LogP contribution in [-0.4, -0.2) is 33.4 Å². The number of rotatable bonds is 7. The van der Waals surface area contributed by atoms with Crippen molar-refractivity contribution in [1.29, 1.82) is 5.26 Å². The summed E-state index contributed by atoms with van der Waals surface area (Å²) in [5.74, 6) is 0.547. The fourth-order valence-corrected chi connectivity index (χ4v) is 3.93. The van der Waals surface area contributed by atoms with E-state index in [-0.39, 0.29) is 11.9 Å². The Morgan fingerprint density at radius 2 is 1.94 bits per heavy atom. The van der Waals surface area contributed by atoms with E-state index in [0.29, 0.717) is 28.7 Å². The molecular formula is C26H28N8O. The number of nitrogens with zero attached hydrogens (tertiary/aromatic N) is 4. The summed E-state index contributed by atoms with van der Waals surface area (Å²) in [5.41, 5.74) is 4.41. The summed E-state index contributed by atoms with van der Waals surface area (Å²) in [6.07, 6.45) is 6.17. The van der Waals surface area contributed by atoms with Crippen molar-refractivity contribution >= 4 is 29.0 Å². The predicted octanol–water partition coefficient (Wildman–Crippen LogP) is 3.70. The van der Waals surface area contributed by atoms with Gasteiger partial charge in [-0.3, -0.25) is 9.78 Å². The highest BCUT2D eigenvalue weighted by molar-refractivity contribution is 5.99. The maximum atomic E-state index is 12.9. The molecule has 1 aliphatic carbocycles. The van der Waals surface area contributed by atoms with Crippen molar-refractivity contribution in [2.75, 3.05) is 17.2 Å². The molecule has 3 aromatic rings. The number of fused-ring (bicyclic) bond motifs is 1. The van der Waals surface area contributed by atoms with E-state index in [4.69, 9.17) is 0 Å². The van der Waals surface area contributed by atoms with E-state index in [9.17, 15) is 10.1 Å². The van der Waals surface area contributed by atoms with Crippen LogP contribution in [0.5, 0.6) is 0 Å². The van der Waals surface area contributed by atoms with Crippen LogP contribution in [0.25, 0.3) is 0 Å². The Balaban J connectivity index is 1.44. The molecule has 0 radical (unpaired) electrons. The molecule has 0 unspecified atom stereocenters. The summed E-state index contributed by atoms with van der Waals surface area (Å²) in [4.78, 5) is 26.3. The van der Waals surface area contributed by atoms with E-state index in [0.717, 1.165) is 38.0 Å². The molecule has 0 saturated heterocycles. The minimum absolute atomic E-state index is 0.209. The van der Waals surface area contributed by atoms with Gasteiger partial charge in [0.25, 0.3) is 5.91 Å². The molecule has 178 valence electrons. The van der Waals surface area contributed by atoms with Crippen LogP contribution in [0.2, 0.25) is 0 Å². The van der Waals surface area contributed by atoms with Gasteiger partial charge in [-0.25, -0.2) is 4.98 Å². The monoisotopic (exact) mass is 468 g/mol. The van der Waals surface area contributed by atoms with Gasteiger partial charge in [-0.05, 0) is 75.0 Å². The zero-order valence-electron chi connectivity index (χ0n) is 19.9. The van der Waals surface area contributed by atoms with Crippen LogP contribution in [0.3, 0.4) is 0 Å². The third kappa shape index (κ3) is 5.23. The maximum Gasteiger partial charge on any atom is 0.256 e. The number of anilines is 4. The minimum atomic E-state index is -0.746. The fourth-order valence-electron chi connectivity index (χ4n) is 3.93. The second kappa shape index (κ2) is 9.31. The Bertz CT molecular complexity index is 1310. The molecule has 2 aliphatic rings. The Hall–Kier alpha value is -4.03. The molecule has 9 nitrogen and oxygen atoms in total. The molecule has 0 spiro atoms. The molecule has 2 aromatic heterocycles. The van der Waals surface area contributed by atoms with Crippen molar-refractivity contribution in [2.24, 2.45) is 0 Å². The number of carbonyl (C=O) groups excluding carboxylic acids is 1. The summed E-state index contributed by atoms with van der Waals surface area (Å²) in [6.45, 7) is 5.45. The number of nitriles is 1. The summed E-state index contributed by atoms with van der Waals surface area (Å²) < 4.78 is 0. The van der Waals surface area contributed by atoms with E-state index in [1.165, 1.54) is 17.3 Å². The zero-order chi connectivity index (χ0) is 24.4. The first kappa shape index (κ1) is 22.7. The van der Waals surface area contributed by atoms with Gasteiger partial charge in [-0.1, -0.05) is 6.07 Å². The lowest BCUT2D eigenvalue weighted by Crippen LogP contribution is -2.26. The van der Waals surface area contributed by atoms with Gasteiger partial charge in [-0.15, -0.1) is 0 Å². The molecule has 9 heteroatoms. The van der Waals surface area contributed by atoms with Crippen LogP contribution in [0.4, 0.5) is 23.1 Å². The van der Waals surface area contributed by atoms with Gasteiger partial charge in [0.2, 0.25) is 5.95 Å². The molecule has 1 saturated carbocycles. The van der Waals surface area contributed by atoms with Crippen molar-refractivity contribution in [3.05, 3.63) is 65.1 Å². The van der Waals surface area contributed by atoms with Crippen molar-refractivity contribution in [3.8, 4) is 6.07 Å². The van der Waals surface area contributed by atoms with Crippen LogP contribution in [0.15, 0.2) is 42.7 Å². The van der Waals surface area contributed by atoms with Crippen molar-refractivity contribution in [3.63, 3.8) is 0 Å². The lowest BCUT2D eigenvalue weighted by Gasteiger charge is -2.18. The molecule has 1 amide bonds. The second-order valence-electron chi connectivity index (χ2n) is 9.53. The van der Waals surface area contributed by atoms with E-state index in [2.05, 4.69) is 54.4 Å². The number of amides is 1. The quantitative estimate of drug-likeness (QED) is 0.413. The third-order valence-electron chi connectivity index (χ3n) is 6.24. The van der Waals surface area contributed by atoms with E-state index < -0.39 is 5.41 Å². The van der Waals surface area contributed by atoms with Crippen molar-refractivity contribution < 1.29 is 4.79 Å². The smallest absolute Gasteiger partial charge is 0.256 e. The summed E-state index contributed by atoms with van der Waals surface area (Å²) >= 11 is 0. The highest BCUT2D eigenvalue weighted by Gasteiger charge is 2.26. The highest BCUT2D eigenvalue weighted by atomic mass is 16.1.